The molecule has 1 amide bonds. The number of ether oxygens (including phenoxy) is 1. The van der Waals surface area contributed by atoms with E-state index in [4.69, 9.17) is 4.74 Å². The maximum Gasteiger partial charge on any atom is 0.290 e. The van der Waals surface area contributed by atoms with Gasteiger partial charge in [0.15, 0.2) is 5.76 Å². The van der Waals surface area contributed by atoms with Crippen molar-refractivity contribution >= 4 is 23.0 Å². The quantitative estimate of drug-likeness (QED) is 0.423. The normalized spacial score (nSPS) is 15.9. The topological polar surface area (TPSA) is 70.1 Å². The summed E-state index contributed by atoms with van der Waals surface area (Å²) < 4.78 is 5.89. The van der Waals surface area contributed by atoms with Crippen LogP contribution in [-0.4, -0.2) is 53.8 Å². The van der Waals surface area contributed by atoms with E-state index in [0.717, 1.165) is 24.1 Å². The summed E-state index contributed by atoms with van der Waals surface area (Å²) in [5.41, 5.74) is 1.96. The first-order chi connectivity index (χ1) is 16.5. The number of ketones is 1. The number of hydrogen-bond acceptors (Lipinski definition) is 6. The second kappa shape index (κ2) is 10.7. The fourth-order valence-electron chi connectivity index (χ4n) is 4.05. The Morgan fingerprint density at radius 2 is 1.79 bits per heavy atom. The smallest absolute Gasteiger partial charge is 0.290 e. The van der Waals surface area contributed by atoms with Crippen LogP contribution >= 0.6 is 11.3 Å². The molecule has 0 radical (unpaired) electrons. The number of carbonyl (C=O) groups is 2. The lowest BCUT2D eigenvalue weighted by Gasteiger charge is -2.27. The Morgan fingerprint density at radius 3 is 2.44 bits per heavy atom. The van der Waals surface area contributed by atoms with Crippen molar-refractivity contribution in [3.05, 3.63) is 99.4 Å². The van der Waals surface area contributed by atoms with Gasteiger partial charge in [-0.25, -0.2) is 0 Å². The van der Waals surface area contributed by atoms with Crippen molar-refractivity contribution in [2.24, 2.45) is 0 Å². The van der Waals surface area contributed by atoms with E-state index in [1.807, 2.05) is 79.0 Å². The molecular weight excluding hydrogens is 448 g/mol. The van der Waals surface area contributed by atoms with Crippen LogP contribution in [0.4, 0.5) is 0 Å². The van der Waals surface area contributed by atoms with Gasteiger partial charge in [0.2, 0.25) is 5.78 Å². The number of Topliss-reactive ketones (excluding diaryl/α,β-unsaturated/α-hetero) is 1. The number of aliphatic hydroxyl groups excluding tert-OH is 1. The van der Waals surface area contributed by atoms with E-state index in [2.05, 4.69) is 0 Å². The third-order valence-corrected chi connectivity index (χ3v) is 6.61. The summed E-state index contributed by atoms with van der Waals surface area (Å²) in [4.78, 5) is 30.4. The number of rotatable bonds is 10. The summed E-state index contributed by atoms with van der Waals surface area (Å²) in [6, 6.07) is 20.1. The van der Waals surface area contributed by atoms with Crippen LogP contribution in [0.3, 0.4) is 0 Å². The third-order valence-electron chi connectivity index (χ3n) is 5.74. The number of thiophene rings is 1. The van der Waals surface area contributed by atoms with Gasteiger partial charge in [-0.2, -0.15) is 0 Å². The molecule has 2 heterocycles. The first kappa shape index (κ1) is 23.7. The molecule has 3 aromatic rings. The third kappa shape index (κ3) is 5.21. The molecule has 176 valence electrons. The molecule has 1 aliphatic heterocycles. The molecule has 6 nitrogen and oxygen atoms in total. The fourth-order valence-corrected chi connectivity index (χ4v) is 4.73. The molecule has 1 atom stereocenters. The molecule has 0 fully saturated rings. The van der Waals surface area contributed by atoms with E-state index in [9.17, 15) is 14.7 Å². The Balaban J connectivity index is 1.59. The average molecular weight is 477 g/mol. The Hall–Kier alpha value is -3.42. The van der Waals surface area contributed by atoms with Crippen molar-refractivity contribution < 1.29 is 19.4 Å². The summed E-state index contributed by atoms with van der Waals surface area (Å²) in [7, 11) is 3.94. The summed E-state index contributed by atoms with van der Waals surface area (Å²) >= 11 is 1.30. The average Bonchev–Trinajstić information content (AvgIpc) is 3.46. The zero-order chi connectivity index (χ0) is 24.1. The standard InChI is InChI=1S/C27H28N2O4S/c1-28(2)15-7-16-29-24(23(26(31)27(29)32)25(30)22-10-6-17-34-22)20-11-13-21(14-12-20)33-18-19-8-4-3-5-9-19/h3-6,8-14,17,24,31H,7,15-16,18H2,1-2H3. The molecule has 0 saturated carbocycles. The highest BCUT2D eigenvalue weighted by Gasteiger charge is 2.43. The molecule has 7 heteroatoms. The minimum absolute atomic E-state index is 0.134. The van der Waals surface area contributed by atoms with Crippen molar-refractivity contribution in [1.82, 2.24) is 9.80 Å². The van der Waals surface area contributed by atoms with Crippen LogP contribution in [-0.2, 0) is 11.4 Å². The highest BCUT2D eigenvalue weighted by Crippen LogP contribution is 2.40. The van der Waals surface area contributed by atoms with Crippen molar-refractivity contribution in [3.8, 4) is 5.75 Å². The second-order valence-electron chi connectivity index (χ2n) is 8.47. The number of carbonyl (C=O) groups excluding carboxylic acids is 2. The van der Waals surface area contributed by atoms with E-state index in [-0.39, 0.29) is 11.4 Å². The van der Waals surface area contributed by atoms with Crippen LogP contribution in [0.15, 0.2) is 83.4 Å². The zero-order valence-corrected chi connectivity index (χ0v) is 20.1. The molecule has 0 aliphatic carbocycles. The van der Waals surface area contributed by atoms with Gasteiger partial charge in [0.1, 0.15) is 12.4 Å². The van der Waals surface area contributed by atoms with Crippen LogP contribution in [0.25, 0.3) is 0 Å². The molecule has 4 rings (SSSR count). The zero-order valence-electron chi connectivity index (χ0n) is 19.3. The maximum atomic E-state index is 13.3. The van der Waals surface area contributed by atoms with Crippen molar-refractivity contribution in [3.63, 3.8) is 0 Å². The molecule has 1 aromatic heterocycles. The Kier molecular flexibility index (Phi) is 7.45. The van der Waals surface area contributed by atoms with Gasteiger partial charge < -0.3 is 19.6 Å². The number of amides is 1. The molecule has 0 spiro atoms. The first-order valence-corrected chi connectivity index (χ1v) is 12.1. The maximum absolute atomic E-state index is 13.3. The van der Waals surface area contributed by atoms with Crippen LogP contribution in [0.1, 0.15) is 33.3 Å². The van der Waals surface area contributed by atoms with Gasteiger partial charge in [0.05, 0.1) is 16.5 Å². The van der Waals surface area contributed by atoms with Crippen LogP contribution < -0.4 is 4.74 Å². The van der Waals surface area contributed by atoms with Crippen LogP contribution in [0.5, 0.6) is 5.75 Å². The Labute approximate surface area is 203 Å². The minimum Gasteiger partial charge on any atom is -0.503 e. The number of aliphatic hydroxyl groups is 1. The lowest BCUT2D eigenvalue weighted by atomic mass is 9.95. The summed E-state index contributed by atoms with van der Waals surface area (Å²) in [5, 5.41) is 12.5. The minimum atomic E-state index is -0.646. The molecule has 0 saturated heterocycles. The lowest BCUT2D eigenvalue weighted by Crippen LogP contribution is -2.33. The monoisotopic (exact) mass is 476 g/mol. The highest BCUT2D eigenvalue weighted by atomic mass is 32.1. The van der Waals surface area contributed by atoms with Crippen LogP contribution in [0.2, 0.25) is 0 Å². The van der Waals surface area contributed by atoms with Gasteiger partial charge in [-0.1, -0.05) is 48.5 Å². The molecule has 0 bridgehead atoms. The molecule has 1 unspecified atom stereocenters. The predicted molar refractivity (Wildman–Crippen MR) is 133 cm³/mol. The SMILES string of the molecule is CN(C)CCCN1C(=O)C(O)=C(C(=O)c2cccs2)C1c1ccc(OCc2ccccc2)cc1. The summed E-state index contributed by atoms with van der Waals surface area (Å²) in [5.74, 6) is -0.591. The highest BCUT2D eigenvalue weighted by molar-refractivity contribution is 7.12. The van der Waals surface area contributed by atoms with E-state index in [1.165, 1.54) is 11.3 Å². The fraction of sp³-hybridized carbons (Fsp3) is 0.259. The molecule has 1 aliphatic rings. The number of nitrogens with zero attached hydrogens (tertiary/aromatic N) is 2. The summed E-state index contributed by atoms with van der Waals surface area (Å²) in [6.45, 7) is 1.67. The van der Waals surface area contributed by atoms with E-state index in [1.54, 1.807) is 17.0 Å². The van der Waals surface area contributed by atoms with Crippen LogP contribution in [0, 0.1) is 0 Å². The molecular formula is C27H28N2O4S. The van der Waals surface area contributed by atoms with Crippen molar-refractivity contribution in [1.29, 1.82) is 0 Å². The molecule has 34 heavy (non-hydrogen) atoms. The van der Waals surface area contributed by atoms with Gasteiger partial charge in [0, 0.05) is 6.54 Å². The van der Waals surface area contributed by atoms with Gasteiger partial charge in [-0.05, 0) is 61.8 Å². The van der Waals surface area contributed by atoms with E-state index >= 15 is 0 Å². The predicted octanol–water partition coefficient (Wildman–Crippen LogP) is 4.86. The second-order valence-corrected chi connectivity index (χ2v) is 9.42. The largest absolute Gasteiger partial charge is 0.503 e. The number of hydrogen-bond donors (Lipinski definition) is 1. The lowest BCUT2D eigenvalue weighted by molar-refractivity contribution is -0.129. The van der Waals surface area contributed by atoms with Crippen molar-refractivity contribution in [2.75, 3.05) is 27.2 Å². The number of benzene rings is 2. The van der Waals surface area contributed by atoms with Gasteiger partial charge >= 0.3 is 0 Å². The molecule has 1 N–H and O–H groups in total. The van der Waals surface area contributed by atoms with Crippen molar-refractivity contribution in [2.45, 2.75) is 19.1 Å². The Morgan fingerprint density at radius 1 is 1.06 bits per heavy atom. The Bertz CT molecular complexity index is 1160. The van der Waals surface area contributed by atoms with E-state index in [0.29, 0.717) is 23.8 Å². The first-order valence-electron chi connectivity index (χ1n) is 11.2. The van der Waals surface area contributed by atoms with E-state index < -0.39 is 17.7 Å². The molecule has 2 aromatic carbocycles. The van der Waals surface area contributed by atoms with Gasteiger partial charge in [-0.3, -0.25) is 9.59 Å². The van der Waals surface area contributed by atoms with Gasteiger partial charge in [0.25, 0.3) is 5.91 Å². The van der Waals surface area contributed by atoms with Gasteiger partial charge in [-0.15, -0.1) is 11.3 Å². The summed E-state index contributed by atoms with van der Waals surface area (Å²) in [6.07, 6.45) is 0.723.